The number of urea groups is 1. The Morgan fingerprint density at radius 1 is 1.42 bits per heavy atom. The lowest BCUT2D eigenvalue weighted by atomic mass is 10.1. The van der Waals surface area contributed by atoms with Crippen LogP contribution in [-0.2, 0) is 6.54 Å². The molecule has 102 valence electrons. The first-order valence-electron chi connectivity index (χ1n) is 6.59. The first kappa shape index (κ1) is 13.9. The van der Waals surface area contributed by atoms with Crippen molar-refractivity contribution in [1.82, 2.24) is 10.2 Å². The Kier molecular flexibility index (Phi) is 5.25. The average molecular weight is 277 g/mol. The first-order valence-corrected chi connectivity index (χ1v) is 7.47. The molecule has 0 aromatic carbocycles. The van der Waals surface area contributed by atoms with Gasteiger partial charge in [0.2, 0.25) is 0 Å². The van der Waals surface area contributed by atoms with E-state index in [1.165, 1.54) is 6.42 Å². The molecule has 1 aliphatic heterocycles. The second-order valence-corrected chi connectivity index (χ2v) is 5.47. The molecule has 3 N–H and O–H groups in total. The van der Waals surface area contributed by atoms with E-state index < -0.39 is 0 Å². The molecule has 2 rings (SSSR count). The molecule has 0 spiro atoms. The van der Waals surface area contributed by atoms with Crippen LogP contribution in [0.4, 0.5) is 4.79 Å². The molecule has 4 nitrogen and oxygen atoms in total. The van der Waals surface area contributed by atoms with Gasteiger partial charge < -0.3 is 16.0 Å². The minimum Gasteiger partial charge on any atom is -0.333 e. The van der Waals surface area contributed by atoms with Crippen LogP contribution in [0.2, 0.25) is 0 Å². The monoisotopic (exact) mass is 277 g/mol. The molecular formula is C14H19N3OS. The molecule has 19 heavy (non-hydrogen) atoms. The van der Waals surface area contributed by atoms with Crippen LogP contribution in [0.1, 0.15) is 29.7 Å². The van der Waals surface area contributed by atoms with Gasteiger partial charge in [0.05, 0.1) is 13.1 Å². The van der Waals surface area contributed by atoms with Gasteiger partial charge in [0, 0.05) is 23.5 Å². The summed E-state index contributed by atoms with van der Waals surface area (Å²) in [6, 6.07) is 2.00. The third kappa shape index (κ3) is 3.98. The Morgan fingerprint density at radius 2 is 2.21 bits per heavy atom. The number of nitrogens with two attached hydrogens (primary N) is 1. The van der Waals surface area contributed by atoms with Crippen molar-refractivity contribution in [2.24, 2.45) is 5.73 Å². The SMILES string of the molecule is NCC#Cc1ccsc1CNC(=O)N1CCCCC1. The minimum atomic E-state index is 0.0332. The van der Waals surface area contributed by atoms with Gasteiger partial charge in [0.1, 0.15) is 0 Å². The number of piperidine rings is 1. The molecule has 1 saturated heterocycles. The normalized spacial score (nSPS) is 14.7. The van der Waals surface area contributed by atoms with E-state index in [2.05, 4.69) is 17.2 Å². The van der Waals surface area contributed by atoms with Crippen LogP contribution in [0.25, 0.3) is 0 Å². The summed E-state index contributed by atoms with van der Waals surface area (Å²) in [4.78, 5) is 15.0. The predicted octanol–water partition coefficient (Wildman–Crippen LogP) is 1.75. The zero-order valence-electron chi connectivity index (χ0n) is 10.9. The molecule has 5 heteroatoms. The number of nitrogens with zero attached hydrogens (tertiary/aromatic N) is 1. The first-order chi connectivity index (χ1) is 9.31. The highest BCUT2D eigenvalue weighted by Crippen LogP contribution is 2.16. The van der Waals surface area contributed by atoms with Crippen LogP contribution in [0.3, 0.4) is 0 Å². The number of thiophene rings is 1. The third-order valence-electron chi connectivity index (χ3n) is 3.11. The fraction of sp³-hybridized carbons (Fsp3) is 0.500. The zero-order chi connectivity index (χ0) is 13.5. The Labute approximate surface area is 118 Å². The molecule has 1 aromatic heterocycles. The minimum absolute atomic E-state index is 0.0332. The van der Waals surface area contributed by atoms with Gasteiger partial charge in [-0.25, -0.2) is 4.79 Å². The van der Waals surface area contributed by atoms with E-state index in [0.29, 0.717) is 13.1 Å². The molecule has 0 radical (unpaired) electrons. The highest BCUT2D eigenvalue weighted by atomic mass is 32.1. The van der Waals surface area contributed by atoms with Crippen molar-refractivity contribution in [3.05, 3.63) is 21.9 Å². The smallest absolute Gasteiger partial charge is 0.317 e. The van der Waals surface area contributed by atoms with E-state index >= 15 is 0 Å². The molecular weight excluding hydrogens is 258 g/mol. The van der Waals surface area contributed by atoms with Crippen molar-refractivity contribution in [1.29, 1.82) is 0 Å². The fourth-order valence-corrected chi connectivity index (χ4v) is 2.87. The number of hydrogen-bond donors (Lipinski definition) is 2. The topological polar surface area (TPSA) is 58.4 Å². The predicted molar refractivity (Wildman–Crippen MR) is 77.9 cm³/mol. The van der Waals surface area contributed by atoms with Crippen molar-refractivity contribution < 1.29 is 4.79 Å². The van der Waals surface area contributed by atoms with Gasteiger partial charge in [-0.1, -0.05) is 11.8 Å². The van der Waals surface area contributed by atoms with Gasteiger partial charge in [-0.05, 0) is 30.7 Å². The molecule has 0 aliphatic carbocycles. The summed E-state index contributed by atoms with van der Waals surface area (Å²) >= 11 is 1.61. The Balaban J connectivity index is 1.88. The number of nitrogens with one attached hydrogen (secondary N) is 1. The maximum Gasteiger partial charge on any atom is 0.317 e. The average Bonchev–Trinajstić information content (AvgIpc) is 2.91. The highest BCUT2D eigenvalue weighted by Gasteiger charge is 2.16. The van der Waals surface area contributed by atoms with Crippen molar-refractivity contribution in [2.75, 3.05) is 19.6 Å². The third-order valence-corrected chi connectivity index (χ3v) is 4.03. The van der Waals surface area contributed by atoms with Crippen molar-refractivity contribution in [3.8, 4) is 11.8 Å². The number of carbonyl (C=O) groups excluding carboxylic acids is 1. The van der Waals surface area contributed by atoms with Gasteiger partial charge in [-0.15, -0.1) is 11.3 Å². The highest BCUT2D eigenvalue weighted by molar-refractivity contribution is 7.10. The van der Waals surface area contributed by atoms with Gasteiger partial charge in [-0.2, -0.15) is 0 Å². The molecule has 1 aromatic rings. The molecule has 2 heterocycles. The molecule has 1 aliphatic rings. The largest absolute Gasteiger partial charge is 0.333 e. The van der Waals surface area contributed by atoms with Gasteiger partial charge in [0.15, 0.2) is 0 Å². The number of hydrogen-bond acceptors (Lipinski definition) is 3. The molecule has 1 fully saturated rings. The molecule has 0 bridgehead atoms. The summed E-state index contributed by atoms with van der Waals surface area (Å²) in [5.41, 5.74) is 6.34. The maximum atomic E-state index is 12.0. The number of amides is 2. The Morgan fingerprint density at radius 3 is 2.95 bits per heavy atom. The van der Waals surface area contributed by atoms with E-state index in [4.69, 9.17) is 5.73 Å². The van der Waals surface area contributed by atoms with E-state index in [1.807, 2.05) is 16.3 Å². The molecule has 0 atom stereocenters. The lowest BCUT2D eigenvalue weighted by molar-refractivity contribution is 0.186. The molecule has 0 unspecified atom stereocenters. The molecule has 0 saturated carbocycles. The number of likely N-dealkylation sites (tertiary alicyclic amines) is 1. The van der Waals surface area contributed by atoms with Crippen LogP contribution in [0.5, 0.6) is 0 Å². The zero-order valence-corrected chi connectivity index (χ0v) is 11.8. The van der Waals surface area contributed by atoms with Crippen molar-refractivity contribution >= 4 is 17.4 Å². The van der Waals surface area contributed by atoms with Gasteiger partial charge in [0.25, 0.3) is 0 Å². The van der Waals surface area contributed by atoms with Crippen LogP contribution in [0.15, 0.2) is 11.4 Å². The van der Waals surface area contributed by atoms with E-state index in [9.17, 15) is 4.79 Å². The molecule has 2 amide bonds. The standard InChI is InChI=1S/C14H19N3OS/c15-7-4-5-12-6-10-19-13(12)11-16-14(18)17-8-2-1-3-9-17/h6,10H,1-3,7-9,11,15H2,(H,16,18). The van der Waals surface area contributed by atoms with Crippen LogP contribution < -0.4 is 11.1 Å². The fourth-order valence-electron chi connectivity index (χ4n) is 2.10. The van der Waals surface area contributed by atoms with E-state index in [1.54, 1.807) is 11.3 Å². The van der Waals surface area contributed by atoms with Crippen LogP contribution in [0, 0.1) is 11.8 Å². The van der Waals surface area contributed by atoms with Crippen LogP contribution in [-0.4, -0.2) is 30.6 Å². The van der Waals surface area contributed by atoms with Crippen molar-refractivity contribution in [2.45, 2.75) is 25.8 Å². The van der Waals surface area contributed by atoms with Crippen LogP contribution >= 0.6 is 11.3 Å². The Hall–Kier alpha value is -1.51. The lowest BCUT2D eigenvalue weighted by Gasteiger charge is -2.26. The van der Waals surface area contributed by atoms with Gasteiger partial charge in [-0.3, -0.25) is 0 Å². The quantitative estimate of drug-likeness (QED) is 0.809. The summed E-state index contributed by atoms with van der Waals surface area (Å²) in [5, 5.41) is 4.96. The summed E-state index contributed by atoms with van der Waals surface area (Å²) < 4.78 is 0. The maximum absolute atomic E-state index is 12.0. The van der Waals surface area contributed by atoms with Crippen molar-refractivity contribution in [3.63, 3.8) is 0 Å². The van der Waals surface area contributed by atoms with E-state index in [-0.39, 0.29) is 6.03 Å². The van der Waals surface area contributed by atoms with E-state index in [0.717, 1.165) is 36.4 Å². The summed E-state index contributed by atoms with van der Waals surface area (Å²) in [6.07, 6.45) is 3.45. The number of carbonyl (C=O) groups is 1. The summed E-state index contributed by atoms with van der Waals surface area (Å²) in [6.45, 7) is 2.64. The van der Waals surface area contributed by atoms with Gasteiger partial charge >= 0.3 is 6.03 Å². The summed E-state index contributed by atoms with van der Waals surface area (Å²) in [5.74, 6) is 5.87. The summed E-state index contributed by atoms with van der Waals surface area (Å²) in [7, 11) is 0. The second-order valence-electron chi connectivity index (χ2n) is 4.47. The lowest BCUT2D eigenvalue weighted by Crippen LogP contribution is -2.42. The number of rotatable bonds is 2. The second kappa shape index (κ2) is 7.17. The Bertz CT molecular complexity index is 480.